The molecular weight excluding hydrogens is 367 g/mol. The molecule has 0 bridgehead atoms. The number of furan rings is 1. The van der Waals surface area contributed by atoms with Crippen LogP contribution >= 0.6 is 0 Å². The minimum atomic E-state index is -0.238. The van der Waals surface area contributed by atoms with Crippen molar-refractivity contribution in [2.24, 2.45) is 4.99 Å². The standard InChI is InChI=1S/C23H33FN4O/c1-16-20-14-17(24)8-9-21(20)29-22(16)15-26-23(25-2)27-18-10-12-28(13-11-18)19-6-4-3-5-7-19/h8-9,14,18-19H,3-7,10-13,15H2,1-2H3,(H2,25,26,27). The third-order valence-corrected chi connectivity index (χ3v) is 6.60. The predicted molar refractivity (Wildman–Crippen MR) is 116 cm³/mol. The monoisotopic (exact) mass is 400 g/mol. The molecule has 1 aromatic heterocycles. The van der Waals surface area contributed by atoms with Crippen LogP contribution < -0.4 is 10.6 Å². The van der Waals surface area contributed by atoms with E-state index in [0.717, 1.165) is 47.1 Å². The average molecular weight is 401 g/mol. The van der Waals surface area contributed by atoms with Crippen LogP contribution in [0.2, 0.25) is 0 Å². The summed E-state index contributed by atoms with van der Waals surface area (Å²) in [6, 6.07) is 5.91. The Kier molecular flexibility index (Phi) is 6.38. The van der Waals surface area contributed by atoms with Crippen molar-refractivity contribution >= 4 is 16.9 Å². The molecule has 29 heavy (non-hydrogen) atoms. The fourth-order valence-corrected chi connectivity index (χ4v) is 4.82. The maximum Gasteiger partial charge on any atom is 0.191 e. The summed E-state index contributed by atoms with van der Waals surface area (Å²) in [6.45, 7) is 4.85. The van der Waals surface area contributed by atoms with Gasteiger partial charge in [0.2, 0.25) is 0 Å². The Labute approximate surface area is 172 Å². The normalized spacial score (nSPS) is 20.3. The molecule has 4 rings (SSSR count). The molecule has 2 aromatic rings. The fourth-order valence-electron chi connectivity index (χ4n) is 4.82. The van der Waals surface area contributed by atoms with Crippen molar-refractivity contribution in [1.29, 1.82) is 0 Å². The molecule has 2 fully saturated rings. The topological polar surface area (TPSA) is 52.8 Å². The number of nitrogens with zero attached hydrogens (tertiary/aromatic N) is 2. The van der Waals surface area contributed by atoms with Crippen molar-refractivity contribution in [3.8, 4) is 0 Å². The highest BCUT2D eigenvalue weighted by Crippen LogP contribution is 2.26. The molecule has 1 aliphatic carbocycles. The highest BCUT2D eigenvalue weighted by Gasteiger charge is 2.26. The van der Waals surface area contributed by atoms with Crippen molar-refractivity contribution in [2.75, 3.05) is 20.1 Å². The Morgan fingerprint density at radius 1 is 1.17 bits per heavy atom. The second kappa shape index (κ2) is 9.16. The molecule has 2 heterocycles. The number of fused-ring (bicyclic) bond motifs is 1. The van der Waals surface area contributed by atoms with Crippen LogP contribution in [0.5, 0.6) is 0 Å². The highest BCUT2D eigenvalue weighted by molar-refractivity contribution is 5.83. The lowest BCUT2D eigenvalue weighted by atomic mass is 9.92. The Bertz CT molecular complexity index is 848. The summed E-state index contributed by atoms with van der Waals surface area (Å²) in [5, 5.41) is 7.77. The van der Waals surface area contributed by atoms with Crippen molar-refractivity contribution in [2.45, 2.75) is 70.5 Å². The van der Waals surface area contributed by atoms with E-state index in [1.54, 1.807) is 13.1 Å². The predicted octanol–water partition coefficient (Wildman–Crippen LogP) is 4.34. The quantitative estimate of drug-likeness (QED) is 0.592. The van der Waals surface area contributed by atoms with E-state index in [4.69, 9.17) is 4.42 Å². The van der Waals surface area contributed by atoms with Gasteiger partial charge in [0.15, 0.2) is 5.96 Å². The molecule has 1 aliphatic heterocycles. The smallest absolute Gasteiger partial charge is 0.191 e. The molecular formula is C23H33FN4O. The van der Waals surface area contributed by atoms with Gasteiger partial charge in [-0.15, -0.1) is 0 Å². The number of hydrogen-bond donors (Lipinski definition) is 2. The van der Waals surface area contributed by atoms with Gasteiger partial charge >= 0.3 is 0 Å². The summed E-state index contributed by atoms with van der Waals surface area (Å²) >= 11 is 0. The lowest BCUT2D eigenvalue weighted by Gasteiger charge is -2.39. The van der Waals surface area contributed by atoms with Crippen LogP contribution in [0.3, 0.4) is 0 Å². The largest absolute Gasteiger partial charge is 0.459 e. The van der Waals surface area contributed by atoms with Gasteiger partial charge < -0.3 is 20.0 Å². The summed E-state index contributed by atoms with van der Waals surface area (Å²) in [5.74, 6) is 1.38. The Morgan fingerprint density at radius 3 is 2.66 bits per heavy atom. The molecule has 0 spiro atoms. The SMILES string of the molecule is CN=C(NCc1oc2ccc(F)cc2c1C)NC1CCN(C2CCCCC2)CC1. The van der Waals surface area contributed by atoms with Gasteiger partial charge in [-0.3, -0.25) is 4.99 Å². The van der Waals surface area contributed by atoms with Crippen molar-refractivity contribution in [3.63, 3.8) is 0 Å². The van der Waals surface area contributed by atoms with Gasteiger partial charge in [0.25, 0.3) is 0 Å². The van der Waals surface area contributed by atoms with E-state index in [-0.39, 0.29) is 5.82 Å². The van der Waals surface area contributed by atoms with Gasteiger partial charge in [-0.1, -0.05) is 19.3 Å². The number of halogens is 1. The summed E-state index contributed by atoms with van der Waals surface area (Å²) in [4.78, 5) is 7.08. The maximum atomic E-state index is 13.5. The van der Waals surface area contributed by atoms with E-state index in [1.165, 1.54) is 57.3 Å². The minimum absolute atomic E-state index is 0.238. The number of nitrogens with one attached hydrogen (secondary N) is 2. The number of likely N-dealkylation sites (tertiary alicyclic amines) is 1. The lowest BCUT2D eigenvalue weighted by molar-refractivity contribution is 0.119. The molecule has 0 amide bonds. The second-order valence-corrected chi connectivity index (χ2v) is 8.46. The van der Waals surface area contributed by atoms with E-state index in [2.05, 4.69) is 20.5 Å². The zero-order valence-electron chi connectivity index (χ0n) is 17.6. The molecule has 1 aromatic carbocycles. The van der Waals surface area contributed by atoms with E-state index >= 15 is 0 Å². The molecule has 2 N–H and O–H groups in total. The van der Waals surface area contributed by atoms with Crippen LogP contribution in [0.15, 0.2) is 27.6 Å². The number of hydrogen-bond acceptors (Lipinski definition) is 3. The van der Waals surface area contributed by atoms with Crippen LogP contribution in [-0.4, -0.2) is 43.1 Å². The molecule has 0 unspecified atom stereocenters. The summed E-state index contributed by atoms with van der Waals surface area (Å²) in [6.07, 6.45) is 9.26. The Morgan fingerprint density at radius 2 is 1.93 bits per heavy atom. The van der Waals surface area contributed by atoms with Gasteiger partial charge in [-0.25, -0.2) is 4.39 Å². The first-order chi connectivity index (χ1) is 14.1. The van der Waals surface area contributed by atoms with Crippen LogP contribution in [-0.2, 0) is 6.54 Å². The van der Waals surface area contributed by atoms with Crippen molar-refractivity contribution in [1.82, 2.24) is 15.5 Å². The Balaban J connectivity index is 1.29. The first-order valence-corrected chi connectivity index (χ1v) is 11.0. The number of benzene rings is 1. The van der Waals surface area contributed by atoms with Gasteiger partial charge in [0.05, 0.1) is 6.54 Å². The van der Waals surface area contributed by atoms with Crippen LogP contribution in [0.1, 0.15) is 56.3 Å². The summed E-state index contributed by atoms with van der Waals surface area (Å²) < 4.78 is 19.4. The Hall–Kier alpha value is -2.08. The van der Waals surface area contributed by atoms with Crippen LogP contribution in [0.25, 0.3) is 11.0 Å². The number of piperidine rings is 1. The molecule has 158 valence electrons. The van der Waals surface area contributed by atoms with Gasteiger partial charge in [0, 0.05) is 43.2 Å². The average Bonchev–Trinajstić information content (AvgIpc) is 3.07. The summed E-state index contributed by atoms with van der Waals surface area (Å²) in [7, 11) is 1.80. The zero-order valence-corrected chi connectivity index (χ0v) is 17.6. The number of rotatable bonds is 4. The first-order valence-electron chi connectivity index (χ1n) is 11.0. The van der Waals surface area contributed by atoms with E-state index < -0.39 is 0 Å². The van der Waals surface area contributed by atoms with Crippen LogP contribution in [0, 0.1) is 12.7 Å². The highest BCUT2D eigenvalue weighted by atomic mass is 19.1. The molecule has 0 atom stereocenters. The molecule has 1 saturated carbocycles. The molecule has 6 heteroatoms. The van der Waals surface area contributed by atoms with Gasteiger partial charge in [-0.2, -0.15) is 0 Å². The van der Waals surface area contributed by atoms with Gasteiger partial charge in [-0.05, 0) is 50.8 Å². The molecule has 1 saturated heterocycles. The first kappa shape index (κ1) is 20.2. The maximum absolute atomic E-state index is 13.5. The number of aliphatic imine (C=N–C) groups is 1. The fraction of sp³-hybridized carbons (Fsp3) is 0.609. The molecule has 5 nitrogen and oxygen atoms in total. The molecule has 0 radical (unpaired) electrons. The van der Waals surface area contributed by atoms with Gasteiger partial charge in [0.1, 0.15) is 17.2 Å². The number of aryl methyl sites for hydroxylation is 1. The minimum Gasteiger partial charge on any atom is -0.459 e. The van der Waals surface area contributed by atoms with E-state index in [1.807, 2.05) is 6.92 Å². The summed E-state index contributed by atoms with van der Waals surface area (Å²) in [5.41, 5.74) is 1.70. The third kappa shape index (κ3) is 4.74. The number of guanidine groups is 1. The van der Waals surface area contributed by atoms with Crippen LogP contribution in [0.4, 0.5) is 4.39 Å². The van der Waals surface area contributed by atoms with Crippen molar-refractivity contribution in [3.05, 3.63) is 35.3 Å². The van der Waals surface area contributed by atoms with E-state index in [9.17, 15) is 4.39 Å². The second-order valence-electron chi connectivity index (χ2n) is 8.46. The zero-order chi connectivity index (χ0) is 20.2. The molecule has 2 aliphatic rings. The van der Waals surface area contributed by atoms with E-state index in [0.29, 0.717) is 12.6 Å². The lowest BCUT2D eigenvalue weighted by Crippen LogP contribution is -2.50. The van der Waals surface area contributed by atoms with Crippen molar-refractivity contribution < 1.29 is 8.81 Å². The third-order valence-electron chi connectivity index (χ3n) is 6.60.